The fraction of sp³-hybridized carbons (Fsp3) is 0.368. The highest BCUT2D eigenvalue weighted by Crippen LogP contribution is 2.37. The topological polar surface area (TPSA) is 164 Å². The number of nitrogen functional groups attached to an aromatic ring is 1. The summed E-state index contributed by atoms with van der Waals surface area (Å²) in [6.45, 7) is -0.580. The van der Waals surface area contributed by atoms with E-state index in [9.17, 15) is 41.7 Å². The number of aromatic nitrogens is 4. The number of ether oxygens (including phenoxy) is 1. The highest BCUT2D eigenvalue weighted by atomic mass is 19.4. The maximum atomic E-state index is 13.3. The van der Waals surface area contributed by atoms with E-state index in [1.165, 1.54) is 10.9 Å². The summed E-state index contributed by atoms with van der Waals surface area (Å²) in [5.74, 6) is -0.515. The van der Waals surface area contributed by atoms with Gasteiger partial charge in [0.15, 0.2) is 17.7 Å². The van der Waals surface area contributed by atoms with Gasteiger partial charge in [0.1, 0.15) is 23.8 Å². The molecule has 1 aromatic carbocycles. The number of imidazole rings is 1. The van der Waals surface area contributed by atoms with Gasteiger partial charge in [0.2, 0.25) is 5.95 Å². The zero-order valence-corrected chi connectivity index (χ0v) is 17.7. The summed E-state index contributed by atoms with van der Waals surface area (Å²) in [7, 11) is 0. The van der Waals surface area contributed by atoms with Crippen LogP contribution in [0.1, 0.15) is 22.9 Å². The van der Waals surface area contributed by atoms with Gasteiger partial charge in [-0.05, 0) is 12.1 Å². The van der Waals surface area contributed by atoms with Crippen molar-refractivity contribution in [2.24, 2.45) is 5.10 Å². The lowest BCUT2D eigenvalue weighted by Gasteiger charge is -2.16. The largest absolute Gasteiger partial charge is 0.417 e. The summed E-state index contributed by atoms with van der Waals surface area (Å²) in [5.41, 5.74) is 4.44. The minimum absolute atomic E-state index is 0.0134. The number of nitrogens with zero attached hydrogens (tertiary/aromatic N) is 5. The molecule has 0 saturated carbocycles. The van der Waals surface area contributed by atoms with Crippen molar-refractivity contribution in [1.29, 1.82) is 0 Å². The van der Waals surface area contributed by atoms with Crippen LogP contribution in [0.4, 0.5) is 38.1 Å². The Hall–Kier alpha value is -3.54. The fourth-order valence-electron chi connectivity index (χ4n) is 3.53. The van der Waals surface area contributed by atoms with Crippen LogP contribution in [0.25, 0.3) is 11.2 Å². The Morgan fingerprint density at radius 2 is 1.83 bits per heavy atom. The number of nitrogens with one attached hydrogen (secondary N) is 1. The van der Waals surface area contributed by atoms with Crippen LogP contribution in [0.5, 0.6) is 0 Å². The first-order valence-electron chi connectivity index (χ1n) is 10.0. The molecule has 1 aliphatic heterocycles. The third-order valence-corrected chi connectivity index (χ3v) is 5.29. The van der Waals surface area contributed by atoms with Crippen molar-refractivity contribution in [3.63, 3.8) is 0 Å². The molecule has 0 radical (unpaired) electrons. The molecule has 4 unspecified atom stereocenters. The number of nitrogens with two attached hydrogens (primary N) is 1. The lowest BCUT2D eigenvalue weighted by atomic mass is 10.0. The molecule has 0 bridgehead atoms. The minimum atomic E-state index is -5.09. The number of halogens is 6. The molecule has 1 fully saturated rings. The van der Waals surface area contributed by atoms with Crippen LogP contribution >= 0.6 is 0 Å². The maximum absolute atomic E-state index is 13.3. The third kappa shape index (κ3) is 4.77. The van der Waals surface area contributed by atoms with Crippen molar-refractivity contribution >= 4 is 29.1 Å². The predicted molar refractivity (Wildman–Crippen MR) is 110 cm³/mol. The number of rotatable bonds is 5. The highest BCUT2D eigenvalue weighted by Gasteiger charge is 2.44. The molecule has 4 rings (SSSR count). The van der Waals surface area contributed by atoms with Gasteiger partial charge >= 0.3 is 12.4 Å². The van der Waals surface area contributed by atoms with E-state index >= 15 is 0 Å². The van der Waals surface area contributed by atoms with Crippen molar-refractivity contribution in [3.05, 3.63) is 41.2 Å². The van der Waals surface area contributed by atoms with E-state index in [1.54, 1.807) is 0 Å². The molecule has 3 heterocycles. The van der Waals surface area contributed by atoms with E-state index in [-0.39, 0.29) is 29.0 Å². The average molecular weight is 521 g/mol. The smallest absolute Gasteiger partial charge is 0.394 e. The van der Waals surface area contributed by atoms with Crippen molar-refractivity contribution in [2.45, 2.75) is 36.9 Å². The van der Waals surface area contributed by atoms with Crippen molar-refractivity contribution in [1.82, 2.24) is 19.5 Å². The second-order valence-corrected chi connectivity index (χ2v) is 7.65. The molecule has 0 aliphatic carbocycles. The van der Waals surface area contributed by atoms with Crippen molar-refractivity contribution < 1.29 is 46.4 Å². The molecule has 1 aliphatic rings. The van der Waals surface area contributed by atoms with Crippen LogP contribution in [-0.2, 0) is 17.1 Å². The molecule has 1 saturated heterocycles. The molecule has 0 amide bonds. The van der Waals surface area contributed by atoms with E-state index in [4.69, 9.17) is 10.5 Å². The van der Waals surface area contributed by atoms with Crippen LogP contribution < -0.4 is 11.2 Å². The van der Waals surface area contributed by atoms with Crippen molar-refractivity contribution in [3.8, 4) is 0 Å². The van der Waals surface area contributed by atoms with E-state index < -0.39 is 60.2 Å². The number of anilines is 2. The first-order chi connectivity index (χ1) is 16.8. The quantitative estimate of drug-likeness (QED) is 0.190. The number of hydrogen-bond donors (Lipinski definition) is 5. The molecule has 11 nitrogen and oxygen atoms in total. The van der Waals surface area contributed by atoms with Crippen LogP contribution in [-0.4, -0.2) is 66.0 Å². The highest BCUT2D eigenvalue weighted by molar-refractivity contribution is 5.84. The van der Waals surface area contributed by atoms with Crippen LogP contribution in [0, 0.1) is 0 Å². The van der Waals surface area contributed by atoms with Gasteiger partial charge in [-0.15, -0.1) is 0 Å². The van der Waals surface area contributed by atoms with Crippen molar-refractivity contribution in [2.75, 3.05) is 17.8 Å². The first-order valence-corrected chi connectivity index (χ1v) is 10.0. The average Bonchev–Trinajstić information content (AvgIpc) is 3.33. The van der Waals surface area contributed by atoms with Gasteiger partial charge in [-0.3, -0.25) is 4.57 Å². The normalized spacial score (nSPS) is 23.1. The molecule has 3 aromatic rings. The summed E-state index contributed by atoms with van der Waals surface area (Å²) in [4.78, 5) is 11.9. The Labute approximate surface area is 196 Å². The van der Waals surface area contributed by atoms with Gasteiger partial charge < -0.3 is 25.8 Å². The van der Waals surface area contributed by atoms with Crippen LogP contribution in [0.2, 0.25) is 0 Å². The van der Waals surface area contributed by atoms with E-state index in [0.29, 0.717) is 18.3 Å². The van der Waals surface area contributed by atoms with Gasteiger partial charge in [-0.25, -0.2) is 10.4 Å². The number of benzene rings is 1. The Balaban J connectivity index is 1.63. The van der Waals surface area contributed by atoms with Gasteiger partial charge in [-0.2, -0.15) is 41.4 Å². The number of fused-ring (bicyclic) bond motifs is 1. The zero-order valence-electron chi connectivity index (χ0n) is 17.7. The molecule has 4 atom stereocenters. The minimum Gasteiger partial charge on any atom is -0.394 e. The summed E-state index contributed by atoms with van der Waals surface area (Å²) in [6.07, 6.45) is -13.4. The van der Waals surface area contributed by atoms with E-state index in [0.717, 1.165) is 0 Å². The SMILES string of the molecule is Nc1nc(N/N=C/c2ccc(C(F)(F)F)cc2C(F)(F)F)nc2c1ncn2C1OC(CO)C(O)C1O. The van der Waals surface area contributed by atoms with Gasteiger partial charge in [0.25, 0.3) is 0 Å². The molecule has 36 heavy (non-hydrogen) atoms. The lowest BCUT2D eigenvalue weighted by Crippen LogP contribution is -2.33. The number of aliphatic hydroxyl groups excluding tert-OH is 3. The summed E-state index contributed by atoms with van der Waals surface area (Å²) < 4.78 is 85.0. The Morgan fingerprint density at radius 1 is 1.11 bits per heavy atom. The monoisotopic (exact) mass is 521 g/mol. The third-order valence-electron chi connectivity index (χ3n) is 5.29. The Kier molecular flexibility index (Phi) is 6.50. The maximum Gasteiger partial charge on any atom is 0.417 e. The van der Waals surface area contributed by atoms with Gasteiger partial charge in [0, 0.05) is 5.56 Å². The summed E-state index contributed by atoms with van der Waals surface area (Å²) in [5, 5.41) is 33.1. The number of hydrazone groups is 1. The second kappa shape index (κ2) is 9.16. The van der Waals surface area contributed by atoms with E-state index in [2.05, 4.69) is 25.5 Å². The van der Waals surface area contributed by atoms with Crippen LogP contribution in [0.3, 0.4) is 0 Å². The molecule has 0 spiro atoms. The number of hydrogen-bond acceptors (Lipinski definition) is 10. The second-order valence-electron chi connectivity index (χ2n) is 7.65. The molecular weight excluding hydrogens is 504 g/mol. The van der Waals surface area contributed by atoms with Gasteiger partial charge in [0.05, 0.1) is 30.3 Å². The molecular formula is C19H17F6N7O4. The van der Waals surface area contributed by atoms with Gasteiger partial charge in [-0.1, -0.05) is 6.07 Å². The Bertz CT molecular complexity index is 1300. The molecule has 194 valence electrons. The molecule has 17 heteroatoms. The lowest BCUT2D eigenvalue weighted by molar-refractivity contribution is -0.143. The first kappa shape index (κ1) is 25.5. The van der Waals surface area contributed by atoms with Crippen LogP contribution in [0.15, 0.2) is 29.6 Å². The van der Waals surface area contributed by atoms with E-state index in [1.807, 2.05) is 0 Å². The molecule has 6 N–H and O–H groups in total. The zero-order chi connectivity index (χ0) is 26.4. The number of alkyl halides is 6. The standard InChI is InChI=1S/C19H17F6N7O4/c20-18(21,22)8-2-1-7(9(3-8)19(23,24)25)4-28-31-17-29-14(26)11-15(30-17)32(6-27-11)16-13(35)12(34)10(5-33)36-16/h1-4,6,10,12-13,16,33-35H,5H2,(H3,26,29,30,31)/b28-4+. The summed E-state index contributed by atoms with van der Waals surface area (Å²) >= 11 is 0. The fourth-order valence-corrected chi connectivity index (χ4v) is 3.53. The molecule has 2 aromatic heterocycles. The predicted octanol–water partition coefficient (Wildman–Crippen LogP) is 1.50. The Morgan fingerprint density at radius 3 is 2.44 bits per heavy atom. The summed E-state index contributed by atoms with van der Waals surface area (Å²) in [6, 6.07) is 1.07. The number of aliphatic hydroxyl groups is 3.